The van der Waals surface area contributed by atoms with E-state index in [0.717, 1.165) is 16.7 Å². The number of hydrogen-bond acceptors (Lipinski definition) is 3. The molecule has 1 heterocycles. The van der Waals surface area contributed by atoms with E-state index in [1.165, 1.54) is 0 Å². The Morgan fingerprint density at radius 2 is 1.50 bits per heavy atom. The Morgan fingerprint density at radius 1 is 0.808 bits per heavy atom. The molecule has 4 rings (SSSR count). The number of nitrogens with zero attached hydrogens (tertiary/aromatic N) is 1. The molecule has 3 nitrogen and oxygen atoms in total. The Balaban J connectivity index is 1.60. The van der Waals surface area contributed by atoms with Crippen molar-refractivity contribution in [3.63, 3.8) is 0 Å². The molecule has 0 unspecified atom stereocenters. The molecule has 0 bridgehead atoms. The van der Waals surface area contributed by atoms with Crippen molar-refractivity contribution in [1.82, 2.24) is 0 Å². The first-order valence-corrected chi connectivity index (χ1v) is 8.51. The lowest BCUT2D eigenvalue weighted by Gasteiger charge is -2.01. The third kappa shape index (κ3) is 3.44. The fraction of sp³-hybridized carbons (Fsp3) is 0. The lowest BCUT2D eigenvalue weighted by atomic mass is 10.0. The minimum atomic E-state index is -0.466. The van der Waals surface area contributed by atoms with Crippen LogP contribution in [0.15, 0.2) is 89.6 Å². The Kier molecular flexibility index (Phi) is 4.38. The van der Waals surface area contributed by atoms with E-state index in [1.807, 2.05) is 42.5 Å². The van der Waals surface area contributed by atoms with Crippen molar-refractivity contribution in [1.29, 1.82) is 0 Å². The minimum absolute atomic E-state index is 0.268. The molecule has 0 amide bonds. The first kappa shape index (κ1) is 16.3. The SMILES string of the molecule is O=C1OC(c2cccc(Cl)c2)=NC1=Cc1ccc(-c2ccccc2)cc1. The molecule has 3 aromatic rings. The quantitative estimate of drug-likeness (QED) is 0.467. The molecule has 26 heavy (non-hydrogen) atoms. The van der Waals surface area contributed by atoms with Gasteiger partial charge in [0, 0.05) is 10.6 Å². The fourth-order valence-electron chi connectivity index (χ4n) is 2.71. The molecule has 4 heteroatoms. The number of benzene rings is 3. The maximum atomic E-state index is 12.1. The molecule has 0 saturated carbocycles. The predicted molar refractivity (Wildman–Crippen MR) is 104 cm³/mol. The molecule has 0 aromatic heterocycles. The molecular formula is C22H14ClNO2. The van der Waals surface area contributed by atoms with Crippen LogP contribution in [0.2, 0.25) is 5.02 Å². The maximum Gasteiger partial charge on any atom is 0.363 e. The molecule has 3 aromatic carbocycles. The molecule has 0 saturated heterocycles. The van der Waals surface area contributed by atoms with E-state index in [9.17, 15) is 4.79 Å². The number of carbonyl (C=O) groups is 1. The van der Waals surface area contributed by atoms with Crippen molar-refractivity contribution in [2.45, 2.75) is 0 Å². The van der Waals surface area contributed by atoms with E-state index in [4.69, 9.17) is 16.3 Å². The molecule has 126 valence electrons. The number of rotatable bonds is 3. The van der Waals surface area contributed by atoms with Crippen molar-refractivity contribution in [3.05, 3.63) is 101 Å². The van der Waals surface area contributed by atoms with Crippen LogP contribution in [0.25, 0.3) is 17.2 Å². The summed E-state index contributed by atoms with van der Waals surface area (Å²) in [6, 6.07) is 25.1. The van der Waals surface area contributed by atoms with Gasteiger partial charge in [-0.2, -0.15) is 0 Å². The third-order valence-corrected chi connectivity index (χ3v) is 4.25. The summed E-state index contributed by atoms with van der Waals surface area (Å²) >= 11 is 5.98. The molecule has 1 aliphatic heterocycles. The number of carbonyl (C=O) groups excluding carboxylic acids is 1. The standard InChI is InChI=1S/C22H14ClNO2/c23-19-8-4-7-18(14-19)21-24-20(22(25)26-21)13-15-9-11-17(12-10-15)16-5-2-1-3-6-16/h1-14H. The molecule has 0 fully saturated rings. The first-order valence-electron chi connectivity index (χ1n) is 8.13. The summed E-state index contributed by atoms with van der Waals surface area (Å²) in [5.74, 6) is -0.197. The van der Waals surface area contributed by atoms with Gasteiger partial charge in [-0.1, -0.05) is 72.3 Å². The number of ether oxygens (including phenoxy) is 1. The van der Waals surface area contributed by atoms with Gasteiger partial charge in [-0.25, -0.2) is 9.79 Å². The van der Waals surface area contributed by atoms with Crippen LogP contribution in [-0.4, -0.2) is 11.9 Å². The van der Waals surface area contributed by atoms with Gasteiger partial charge in [-0.05, 0) is 41.0 Å². The molecule has 0 atom stereocenters. The lowest BCUT2D eigenvalue weighted by Crippen LogP contribution is -2.05. The Bertz CT molecular complexity index is 1020. The highest BCUT2D eigenvalue weighted by Gasteiger charge is 2.24. The van der Waals surface area contributed by atoms with Gasteiger partial charge >= 0.3 is 5.97 Å². The maximum absolute atomic E-state index is 12.1. The van der Waals surface area contributed by atoms with Crippen LogP contribution < -0.4 is 0 Å². The smallest absolute Gasteiger partial charge is 0.363 e. The molecule has 0 aliphatic carbocycles. The van der Waals surface area contributed by atoms with E-state index in [1.54, 1.807) is 30.3 Å². The number of aliphatic imine (C=N–C) groups is 1. The minimum Gasteiger partial charge on any atom is -0.402 e. The zero-order valence-corrected chi connectivity index (χ0v) is 14.5. The van der Waals surface area contributed by atoms with Crippen molar-refractivity contribution in [3.8, 4) is 11.1 Å². The largest absolute Gasteiger partial charge is 0.402 e. The van der Waals surface area contributed by atoms with Gasteiger partial charge in [0.05, 0.1) is 0 Å². The Morgan fingerprint density at radius 3 is 2.23 bits per heavy atom. The molecule has 0 spiro atoms. The van der Waals surface area contributed by atoms with Gasteiger partial charge < -0.3 is 4.74 Å². The van der Waals surface area contributed by atoms with Crippen LogP contribution in [0.1, 0.15) is 11.1 Å². The van der Waals surface area contributed by atoms with Crippen molar-refractivity contribution in [2.24, 2.45) is 4.99 Å². The summed E-state index contributed by atoms with van der Waals surface area (Å²) in [6.07, 6.45) is 1.72. The van der Waals surface area contributed by atoms with Crippen molar-refractivity contribution >= 4 is 29.5 Å². The van der Waals surface area contributed by atoms with Gasteiger partial charge in [0.25, 0.3) is 0 Å². The van der Waals surface area contributed by atoms with E-state index >= 15 is 0 Å². The van der Waals surface area contributed by atoms with Gasteiger partial charge in [0.15, 0.2) is 5.70 Å². The second-order valence-corrected chi connectivity index (χ2v) is 6.27. The normalized spacial score (nSPS) is 15.0. The van der Waals surface area contributed by atoms with Gasteiger partial charge in [-0.3, -0.25) is 0 Å². The van der Waals surface area contributed by atoms with Crippen LogP contribution in [0, 0.1) is 0 Å². The average Bonchev–Trinajstić information content (AvgIpc) is 3.04. The molecular weight excluding hydrogens is 346 g/mol. The Hall–Kier alpha value is -3.17. The molecule has 1 aliphatic rings. The summed E-state index contributed by atoms with van der Waals surface area (Å²) in [5.41, 5.74) is 4.09. The highest BCUT2D eigenvalue weighted by molar-refractivity contribution is 6.31. The van der Waals surface area contributed by atoms with Gasteiger partial charge in [0.2, 0.25) is 5.90 Å². The summed E-state index contributed by atoms with van der Waals surface area (Å²) in [5, 5.41) is 0.565. The van der Waals surface area contributed by atoms with Gasteiger partial charge in [0.1, 0.15) is 0 Å². The van der Waals surface area contributed by atoms with Crippen LogP contribution >= 0.6 is 11.6 Å². The summed E-state index contributed by atoms with van der Waals surface area (Å²) in [6.45, 7) is 0. The Labute approximate surface area is 156 Å². The average molecular weight is 360 g/mol. The van der Waals surface area contributed by atoms with Gasteiger partial charge in [-0.15, -0.1) is 0 Å². The van der Waals surface area contributed by atoms with Crippen LogP contribution in [0.4, 0.5) is 0 Å². The monoisotopic (exact) mass is 359 g/mol. The van der Waals surface area contributed by atoms with Crippen LogP contribution in [-0.2, 0) is 9.53 Å². The number of cyclic esters (lactones) is 1. The molecule has 0 radical (unpaired) electrons. The zero-order chi connectivity index (χ0) is 17.9. The second kappa shape index (κ2) is 6.98. The molecule has 0 N–H and O–H groups in total. The van der Waals surface area contributed by atoms with E-state index < -0.39 is 5.97 Å². The number of esters is 1. The topological polar surface area (TPSA) is 38.7 Å². The van der Waals surface area contributed by atoms with Crippen molar-refractivity contribution < 1.29 is 9.53 Å². The summed E-state index contributed by atoms with van der Waals surface area (Å²) in [4.78, 5) is 16.4. The summed E-state index contributed by atoms with van der Waals surface area (Å²) < 4.78 is 5.26. The fourth-order valence-corrected chi connectivity index (χ4v) is 2.90. The zero-order valence-electron chi connectivity index (χ0n) is 13.7. The van der Waals surface area contributed by atoms with E-state index in [0.29, 0.717) is 10.6 Å². The number of hydrogen-bond donors (Lipinski definition) is 0. The highest BCUT2D eigenvalue weighted by atomic mass is 35.5. The van der Waals surface area contributed by atoms with E-state index in [2.05, 4.69) is 17.1 Å². The van der Waals surface area contributed by atoms with E-state index in [-0.39, 0.29) is 11.6 Å². The first-order chi connectivity index (χ1) is 12.7. The lowest BCUT2D eigenvalue weighted by molar-refractivity contribution is -0.129. The third-order valence-electron chi connectivity index (χ3n) is 4.01. The number of halogens is 1. The van der Waals surface area contributed by atoms with Crippen molar-refractivity contribution in [2.75, 3.05) is 0 Å². The van der Waals surface area contributed by atoms with Crippen LogP contribution in [0.3, 0.4) is 0 Å². The second-order valence-electron chi connectivity index (χ2n) is 5.83. The predicted octanol–water partition coefficient (Wildman–Crippen LogP) is 5.35. The highest BCUT2D eigenvalue weighted by Crippen LogP contribution is 2.23. The van der Waals surface area contributed by atoms with Crippen LogP contribution in [0.5, 0.6) is 0 Å². The summed E-state index contributed by atoms with van der Waals surface area (Å²) in [7, 11) is 0.